The van der Waals surface area contributed by atoms with Gasteiger partial charge in [0.2, 0.25) is 0 Å². The van der Waals surface area contributed by atoms with Crippen molar-refractivity contribution in [1.29, 1.82) is 0 Å². The number of carbonyl (C=O) groups is 2. The van der Waals surface area contributed by atoms with Gasteiger partial charge in [-0.1, -0.05) is 66.7 Å². The Bertz CT molecular complexity index is 776. The molecule has 0 aliphatic rings. The molecule has 0 aliphatic heterocycles. The lowest BCUT2D eigenvalue weighted by Gasteiger charge is -2.16. The van der Waals surface area contributed by atoms with E-state index in [0.29, 0.717) is 16.7 Å². The highest BCUT2D eigenvalue weighted by Crippen LogP contribution is 2.21. The second-order valence-corrected chi connectivity index (χ2v) is 5.16. The van der Waals surface area contributed by atoms with Crippen molar-refractivity contribution < 1.29 is 19.1 Å². The van der Waals surface area contributed by atoms with Gasteiger partial charge >= 0.3 is 18.2 Å². The van der Waals surface area contributed by atoms with Crippen molar-refractivity contribution in [3.05, 3.63) is 114 Å². The molecule has 0 amide bonds. The summed E-state index contributed by atoms with van der Waals surface area (Å²) < 4.78 is 10.7. The monoisotopic (exact) mass is 331 g/mol. The minimum absolute atomic E-state index is 0.150. The normalized spacial score (nSPS) is 10.3. The van der Waals surface area contributed by atoms with Crippen LogP contribution in [0.15, 0.2) is 91.0 Å². The third-order valence-electron chi connectivity index (χ3n) is 3.40. The lowest BCUT2D eigenvalue weighted by atomic mass is 10.2. The summed E-state index contributed by atoms with van der Waals surface area (Å²) in [5, 5.41) is 0. The van der Waals surface area contributed by atoms with E-state index in [9.17, 15) is 9.59 Å². The molecule has 0 unspecified atom stereocenters. The van der Waals surface area contributed by atoms with Gasteiger partial charge in [-0.3, -0.25) is 0 Å². The second kappa shape index (κ2) is 7.93. The van der Waals surface area contributed by atoms with Gasteiger partial charge in [0.15, 0.2) is 0 Å². The molecular weight excluding hydrogens is 316 g/mol. The second-order valence-electron chi connectivity index (χ2n) is 5.16. The fourth-order valence-electron chi connectivity index (χ4n) is 2.15. The number of hydrogen-bond donors (Lipinski definition) is 0. The van der Waals surface area contributed by atoms with Crippen LogP contribution in [0, 0.1) is 6.29 Å². The number of rotatable bonds is 5. The molecule has 0 heterocycles. The predicted molar refractivity (Wildman–Crippen MR) is 92.5 cm³/mol. The SMILES string of the molecule is O=C(O[C](OC(=O)c1ccccc1)c1ccccc1)c1ccccc1. The van der Waals surface area contributed by atoms with Crippen LogP contribution in [-0.4, -0.2) is 11.9 Å². The Morgan fingerprint density at radius 3 is 1.16 bits per heavy atom. The number of carbonyl (C=O) groups excluding carboxylic acids is 2. The van der Waals surface area contributed by atoms with E-state index in [0.717, 1.165) is 0 Å². The summed E-state index contributed by atoms with van der Waals surface area (Å²) in [6, 6.07) is 25.8. The van der Waals surface area contributed by atoms with Crippen LogP contribution in [0.2, 0.25) is 0 Å². The van der Waals surface area contributed by atoms with Crippen LogP contribution in [0.25, 0.3) is 0 Å². The van der Waals surface area contributed by atoms with Gasteiger partial charge in [-0.15, -0.1) is 0 Å². The molecule has 123 valence electrons. The molecule has 3 aromatic carbocycles. The van der Waals surface area contributed by atoms with Crippen LogP contribution in [0.3, 0.4) is 0 Å². The fraction of sp³-hybridized carbons (Fsp3) is 0. The first-order valence-electron chi connectivity index (χ1n) is 7.71. The summed E-state index contributed by atoms with van der Waals surface area (Å²) in [5.41, 5.74) is 1.23. The van der Waals surface area contributed by atoms with E-state index in [1.54, 1.807) is 84.9 Å². The summed E-state index contributed by atoms with van der Waals surface area (Å²) in [6.45, 7) is 0. The maximum Gasteiger partial charge on any atom is 0.367 e. The van der Waals surface area contributed by atoms with E-state index in [1.165, 1.54) is 0 Å². The average molecular weight is 331 g/mol. The average Bonchev–Trinajstić information content (AvgIpc) is 2.69. The van der Waals surface area contributed by atoms with Gasteiger partial charge in [0.05, 0.1) is 11.1 Å². The summed E-state index contributed by atoms with van der Waals surface area (Å²) in [7, 11) is 0. The third kappa shape index (κ3) is 4.32. The summed E-state index contributed by atoms with van der Waals surface area (Å²) in [6.07, 6.45) is -0.150. The molecule has 0 saturated heterocycles. The quantitative estimate of drug-likeness (QED) is 0.656. The molecule has 3 aromatic rings. The Labute approximate surface area is 145 Å². The van der Waals surface area contributed by atoms with Crippen molar-refractivity contribution in [2.75, 3.05) is 0 Å². The first kappa shape index (κ1) is 16.5. The van der Waals surface area contributed by atoms with Gasteiger partial charge in [0, 0.05) is 5.56 Å². The van der Waals surface area contributed by atoms with Crippen molar-refractivity contribution in [3.63, 3.8) is 0 Å². The molecule has 25 heavy (non-hydrogen) atoms. The van der Waals surface area contributed by atoms with Crippen LogP contribution >= 0.6 is 0 Å². The highest BCUT2D eigenvalue weighted by atomic mass is 16.7. The first-order chi connectivity index (χ1) is 12.2. The molecule has 4 heteroatoms. The largest absolute Gasteiger partial charge is 0.407 e. The molecule has 0 N–H and O–H groups in total. The molecule has 0 atom stereocenters. The zero-order valence-corrected chi connectivity index (χ0v) is 13.3. The molecule has 3 rings (SSSR count). The predicted octanol–water partition coefficient (Wildman–Crippen LogP) is 4.24. The van der Waals surface area contributed by atoms with E-state index < -0.39 is 11.9 Å². The third-order valence-corrected chi connectivity index (χ3v) is 3.40. The minimum Gasteiger partial charge on any atom is -0.407 e. The standard InChI is InChI=1S/C21H15O4/c22-19(16-10-4-1-5-11-16)24-21(18-14-8-3-9-15-18)25-20(23)17-12-6-2-7-13-17/h1-15H. The molecule has 0 aliphatic carbocycles. The van der Waals surface area contributed by atoms with Gasteiger partial charge in [-0.05, 0) is 24.3 Å². The topological polar surface area (TPSA) is 52.6 Å². The maximum absolute atomic E-state index is 12.3. The van der Waals surface area contributed by atoms with E-state index in [2.05, 4.69) is 0 Å². The van der Waals surface area contributed by atoms with Crippen molar-refractivity contribution in [2.45, 2.75) is 0 Å². The summed E-state index contributed by atoms with van der Waals surface area (Å²) in [5.74, 6) is -1.19. The van der Waals surface area contributed by atoms with Crippen LogP contribution in [0.4, 0.5) is 0 Å². The van der Waals surface area contributed by atoms with Gasteiger partial charge in [0.25, 0.3) is 0 Å². The number of hydrogen-bond acceptors (Lipinski definition) is 4. The zero-order valence-electron chi connectivity index (χ0n) is 13.3. The highest BCUT2D eigenvalue weighted by molar-refractivity contribution is 5.92. The molecule has 0 aromatic heterocycles. The molecule has 0 bridgehead atoms. The van der Waals surface area contributed by atoms with Crippen LogP contribution in [-0.2, 0) is 9.47 Å². The lowest BCUT2D eigenvalue weighted by Crippen LogP contribution is -2.19. The van der Waals surface area contributed by atoms with Crippen LogP contribution < -0.4 is 0 Å². The summed E-state index contributed by atoms with van der Waals surface area (Å²) in [4.78, 5) is 24.6. The Morgan fingerprint density at radius 2 is 0.800 bits per heavy atom. The number of ether oxygens (including phenoxy) is 2. The van der Waals surface area contributed by atoms with Gasteiger partial charge in [0.1, 0.15) is 0 Å². The highest BCUT2D eigenvalue weighted by Gasteiger charge is 2.25. The molecule has 0 spiro atoms. The smallest absolute Gasteiger partial charge is 0.367 e. The van der Waals surface area contributed by atoms with Crippen LogP contribution in [0.1, 0.15) is 26.3 Å². The zero-order chi connectivity index (χ0) is 17.5. The van der Waals surface area contributed by atoms with Gasteiger partial charge < -0.3 is 9.47 Å². The Balaban J connectivity index is 1.81. The van der Waals surface area contributed by atoms with Crippen molar-refractivity contribution in [2.24, 2.45) is 0 Å². The van der Waals surface area contributed by atoms with Crippen molar-refractivity contribution in [1.82, 2.24) is 0 Å². The fourth-order valence-corrected chi connectivity index (χ4v) is 2.15. The molecule has 0 saturated carbocycles. The van der Waals surface area contributed by atoms with Gasteiger partial charge in [-0.25, -0.2) is 9.59 Å². The Morgan fingerprint density at radius 1 is 0.480 bits per heavy atom. The van der Waals surface area contributed by atoms with E-state index in [-0.39, 0.29) is 6.29 Å². The van der Waals surface area contributed by atoms with E-state index in [1.807, 2.05) is 6.07 Å². The van der Waals surface area contributed by atoms with Gasteiger partial charge in [-0.2, -0.15) is 0 Å². The Kier molecular flexibility index (Phi) is 5.22. The maximum atomic E-state index is 12.3. The molecule has 4 nitrogen and oxygen atoms in total. The number of benzene rings is 3. The summed E-state index contributed by atoms with van der Waals surface area (Å²) >= 11 is 0. The molecule has 1 radical (unpaired) electrons. The van der Waals surface area contributed by atoms with E-state index in [4.69, 9.17) is 9.47 Å². The first-order valence-corrected chi connectivity index (χ1v) is 7.71. The molecule has 0 fully saturated rings. The molecular formula is C21H15O4. The minimum atomic E-state index is -0.597. The van der Waals surface area contributed by atoms with Crippen LogP contribution in [0.5, 0.6) is 0 Å². The van der Waals surface area contributed by atoms with Crippen molar-refractivity contribution >= 4 is 11.9 Å². The Hall–Kier alpha value is -3.40. The van der Waals surface area contributed by atoms with Crippen molar-refractivity contribution in [3.8, 4) is 0 Å². The van der Waals surface area contributed by atoms with E-state index >= 15 is 0 Å². The number of esters is 2. The lowest BCUT2D eigenvalue weighted by molar-refractivity contribution is -0.00209.